The Morgan fingerprint density at radius 3 is 2.50 bits per heavy atom. The zero-order valence-corrected chi connectivity index (χ0v) is 10.7. The Hall–Kier alpha value is -0.650. The second kappa shape index (κ2) is 5.55. The van der Waals surface area contributed by atoms with E-state index in [1.165, 1.54) is 0 Å². The van der Waals surface area contributed by atoms with Gasteiger partial charge in [0.15, 0.2) is 0 Å². The van der Waals surface area contributed by atoms with Crippen molar-refractivity contribution in [3.05, 3.63) is 0 Å². The summed E-state index contributed by atoms with van der Waals surface area (Å²) in [6, 6.07) is 0. The number of nitrogens with zero attached hydrogens (tertiary/aromatic N) is 1. The van der Waals surface area contributed by atoms with Gasteiger partial charge in [0.05, 0.1) is 17.6 Å². The van der Waals surface area contributed by atoms with Gasteiger partial charge in [-0.15, -0.1) is 0 Å². The summed E-state index contributed by atoms with van der Waals surface area (Å²) in [5.41, 5.74) is -0.761. The number of β-amino-alcohol motifs (C(OH)–C–C–N with tert-alkyl or cyclic N) is 2. The van der Waals surface area contributed by atoms with Crippen molar-refractivity contribution in [2.24, 2.45) is 5.92 Å². The normalized spacial score (nSPS) is 38.6. The minimum absolute atomic E-state index is 0.280. The number of carboxylic acid groups (broad SMARTS) is 1. The average molecular weight is 257 g/mol. The van der Waals surface area contributed by atoms with Crippen molar-refractivity contribution in [2.45, 2.75) is 50.2 Å². The molecule has 0 aromatic rings. The van der Waals surface area contributed by atoms with Crippen LogP contribution in [0.5, 0.6) is 0 Å². The molecule has 0 spiro atoms. The van der Waals surface area contributed by atoms with Crippen LogP contribution in [0.1, 0.15) is 38.5 Å². The highest BCUT2D eigenvalue weighted by Gasteiger charge is 2.37. The second-order valence-corrected chi connectivity index (χ2v) is 5.87. The third-order valence-electron chi connectivity index (χ3n) is 4.26. The molecule has 5 heteroatoms. The van der Waals surface area contributed by atoms with Gasteiger partial charge in [-0.05, 0) is 45.1 Å². The highest BCUT2D eigenvalue weighted by atomic mass is 16.4. The molecule has 1 aliphatic heterocycles. The monoisotopic (exact) mass is 257 g/mol. The van der Waals surface area contributed by atoms with Crippen LogP contribution in [0.3, 0.4) is 0 Å². The maximum absolute atomic E-state index is 10.9. The number of likely N-dealkylation sites (tertiary alicyclic amines) is 1. The van der Waals surface area contributed by atoms with Gasteiger partial charge in [-0.3, -0.25) is 9.69 Å². The first-order valence-corrected chi connectivity index (χ1v) is 6.84. The molecule has 1 unspecified atom stereocenters. The summed E-state index contributed by atoms with van der Waals surface area (Å²) in [4.78, 5) is 13.0. The van der Waals surface area contributed by atoms with Crippen LogP contribution in [0.4, 0.5) is 0 Å². The molecular formula is C13H23NO4. The Kier molecular flexibility index (Phi) is 4.25. The van der Waals surface area contributed by atoms with E-state index in [1.54, 1.807) is 0 Å². The van der Waals surface area contributed by atoms with E-state index in [2.05, 4.69) is 4.90 Å². The van der Waals surface area contributed by atoms with Gasteiger partial charge in [0, 0.05) is 13.1 Å². The molecule has 2 fully saturated rings. The van der Waals surface area contributed by atoms with Crippen molar-refractivity contribution in [3.8, 4) is 0 Å². The Morgan fingerprint density at radius 1 is 1.28 bits per heavy atom. The first kappa shape index (κ1) is 13.8. The quantitative estimate of drug-likeness (QED) is 0.684. The molecule has 3 N–H and O–H groups in total. The molecule has 0 aromatic carbocycles. The van der Waals surface area contributed by atoms with Crippen molar-refractivity contribution in [3.63, 3.8) is 0 Å². The number of aliphatic hydroxyl groups excluding tert-OH is 1. The van der Waals surface area contributed by atoms with Crippen LogP contribution in [-0.4, -0.2) is 57.5 Å². The van der Waals surface area contributed by atoms with E-state index in [0.717, 1.165) is 19.4 Å². The SMILES string of the molecule is O=C(O)C1CCC(O)(CN2CCCC(O)C2)CC1. The zero-order valence-electron chi connectivity index (χ0n) is 10.7. The van der Waals surface area contributed by atoms with Crippen LogP contribution < -0.4 is 0 Å². The second-order valence-electron chi connectivity index (χ2n) is 5.87. The maximum atomic E-state index is 10.9. The summed E-state index contributed by atoms with van der Waals surface area (Å²) in [5.74, 6) is -1.04. The summed E-state index contributed by atoms with van der Waals surface area (Å²) in [6.07, 6.45) is 3.75. The molecule has 1 aliphatic carbocycles. The molecular weight excluding hydrogens is 234 g/mol. The van der Waals surface area contributed by atoms with Gasteiger partial charge in [-0.1, -0.05) is 0 Å². The number of hydrogen-bond donors (Lipinski definition) is 3. The zero-order chi connectivity index (χ0) is 13.2. The average Bonchev–Trinajstić information content (AvgIpc) is 2.29. The molecule has 1 heterocycles. The van der Waals surface area contributed by atoms with Gasteiger partial charge in [-0.2, -0.15) is 0 Å². The van der Waals surface area contributed by atoms with E-state index >= 15 is 0 Å². The van der Waals surface area contributed by atoms with E-state index in [-0.39, 0.29) is 12.0 Å². The van der Waals surface area contributed by atoms with E-state index in [9.17, 15) is 15.0 Å². The smallest absolute Gasteiger partial charge is 0.306 e. The molecule has 1 saturated carbocycles. The molecule has 18 heavy (non-hydrogen) atoms. The van der Waals surface area contributed by atoms with Gasteiger partial charge in [0.1, 0.15) is 0 Å². The Balaban J connectivity index is 1.83. The van der Waals surface area contributed by atoms with Gasteiger partial charge in [0.2, 0.25) is 0 Å². The number of carboxylic acids is 1. The number of hydrogen-bond acceptors (Lipinski definition) is 4. The predicted molar refractivity (Wildman–Crippen MR) is 66.2 cm³/mol. The van der Waals surface area contributed by atoms with E-state index < -0.39 is 11.6 Å². The van der Waals surface area contributed by atoms with Crippen molar-refractivity contribution in [1.29, 1.82) is 0 Å². The first-order chi connectivity index (χ1) is 8.48. The maximum Gasteiger partial charge on any atom is 0.306 e. The summed E-state index contributed by atoms with van der Waals surface area (Å²) < 4.78 is 0. The number of carbonyl (C=O) groups is 1. The molecule has 5 nitrogen and oxygen atoms in total. The summed E-state index contributed by atoms with van der Waals surface area (Å²) in [7, 11) is 0. The highest BCUT2D eigenvalue weighted by molar-refractivity contribution is 5.70. The van der Waals surface area contributed by atoms with Crippen LogP contribution in [0.2, 0.25) is 0 Å². The standard InChI is InChI=1S/C13H23NO4/c15-11-2-1-7-14(8-11)9-13(18)5-3-10(4-6-13)12(16)17/h10-11,15,18H,1-9H2,(H,16,17). The first-order valence-electron chi connectivity index (χ1n) is 6.84. The lowest BCUT2D eigenvalue weighted by Gasteiger charge is -2.40. The number of aliphatic hydroxyl groups is 2. The highest BCUT2D eigenvalue weighted by Crippen LogP contribution is 2.33. The summed E-state index contributed by atoms with van der Waals surface area (Å²) >= 11 is 0. The van der Waals surface area contributed by atoms with E-state index in [1.807, 2.05) is 0 Å². The van der Waals surface area contributed by atoms with Crippen LogP contribution in [0.25, 0.3) is 0 Å². The molecule has 1 atom stereocenters. The van der Waals surface area contributed by atoms with Crippen LogP contribution >= 0.6 is 0 Å². The minimum Gasteiger partial charge on any atom is -0.481 e. The lowest BCUT2D eigenvalue weighted by Crippen LogP contribution is -2.50. The van der Waals surface area contributed by atoms with Gasteiger partial charge in [-0.25, -0.2) is 0 Å². The molecule has 1 saturated heterocycles. The Labute approximate surface area is 107 Å². The largest absolute Gasteiger partial charge is 0.481 e. The van der Waals surface area contributed by atoms with Crippen LogP contribution in [0.15, 0.2) is 0 Å². The van der Waals surface area contributed by atoms with E-state index in [4.69, 9.17) is 5.11 Å². The lowest BCUT2D eigenvalue weighted by atomic mass is 9.78. The summed E-state index contributed by atoms with van der Waals surface area (Å²) in [6.45, 7) is 2.11. The third-order valence-corrected chi connectivity index (χ3v) is 4.26. The fourth-order valence-electron chi connectivity index (χ4n) is 3.15. The van der Waals surface area contributed by atoms with Gasteiger partial charge in [0.25, 0.3) is 0 Å². The molecule has 104 valence electrons. The minimum atomic E-state index is -0.761. The lowest BCUT2D eigenvalue weighted by molar-refractivity contribution is -0.145. The fraction of sp³-hybridized carbons (Fsp3) is 0.923. The van der Waals surface area contributed by atoms with Crippen molar-refractivity contribution in [1.82, 2.24) is 4.90 Å². The van der Waals surface area contributed by atoms with Crippen LogP contribution in [-0.2, 0) is 4.79 Å². The number of piperidine rings is 1. The Bertz CT molecular complexity index is 299. The van der Waals surface area contributed by atoms with Crippen molar-refractivity contribution in [2.75, 3.05) is 19.6 Å². The molecule has 0 aromatic heterocycles. The Morgan fingerprint density at radius 2 is 1.94 bits per heavy atom. The van der Waals surface area contributed by atoms with Gasteiger partial charge >= 0.3 is 5.97 Å². The third kappa shape index (κ3) is 3.43. The van der Waals surface area contributed by atoms with E-state index in [0.29, 0.717) is 38.8 Å². The molecule has 0 bridgehead atoms. The van der Waals surface area contributed by atoms with Crippen molar-refractivity contribution >= 4 is 5.97 Å². The topological polar surface area (TPSA) is 81.0 Å². The molecule has 0 amide bonds. The van der Waals surface area contributed by atoms with Crippen LogP contribution in [0, 0.1) is 5.92 Å². The van der Waals surface area contributed by atoms with Crippen molar-refractivity contribution < 1.29 is 20.1 Å². The van der Waals surface area contributed by atoms with Gasteiger partial charge < -0.3 is 15.3 Å². The molecule has 2 aliphatic rings. The molecule has 2 rings (SSSR count). The molecule has 0 radical (unpaired) electrons. The predicted octanol–water partition coefficient (Wildman–Crippen LogP) is 0.449. The fourth-order valence-corrected chi connectivity index (χ4v) is 3.15. The number of aliphatic carboxylic acids is 1. The summed E-state index contributed by atoms with van der Waals surface area (Å²) in [5, 5.41) is 29.0. The number of rotatable bonds is 3.